The molecule has 6 heteroatoms. The molecule has 0 saturated carbocycles. The van der Waals surface area contributed by atoms with Gasteiger partial charge in [0.25, 0.3) is 5.91 Å². The highest BCUT2D eigenvalue weighted by atomic mass is 16.3. The van der Waals surface area contributed by atoms with Crippen LogP contribution in [0.4, 0.5) is 0 Å². The van der Waals surface area contributed by atoms with Gasteiger partial charge in [-0.1, -0.05) is 30.3 Å². The number of aliphatic hydroxyl groups excluding tert-OH is 1. The first-order valence-corrected chi connectivity index (χ1v) is 8.74. The Morgan fingerprint density at radius 1 is 1.19 bits per heavy atom. The monoisotopic (exact) mass is 346 g/mol. The molecule has 3 aromatic rings. The number of amides is 1. The van der Waals surface area contributed by atoms with Gasteiger partial charge in [0.2, 0.25) is 0 Å². The minimum Gasteiger partial charge on any atom is -0.388 e. The first-order chi connectivity index (χ1) is 12.6. The van der Waals surface area contributed by atoms with Crippen molar-refractivity contribution in [3.05, 3.63) is 71.4 Å². The van der Waals surface area contributed by atoms with Crippen molar-refractivity contribution in [1.29, 1.82) is 0 Å². The van der Waals surface area contributed by atoms with Crippen LogP contribution in [0.2, 0.25) is 0 Å². The molecule has 3 heterocycles. The lowest BCUT2D eigenvalue weighted by molar-refractivity contribution is 0.0708. The summed E-state index contributed by atoms with van der Waals surface area (Å²) in [5.41, 5.74) is 10.6. The van der Waals surface area contributed by atoms with E-state index >= 15 is 0 Å². The van der Waals surface area contributed by atoms with Gasteiger partial charge in [-0.25, -0.2) is 9.97 Å². The van der Waals surface area contributed by atoms with Gasteiger partial charge < -0.3 is 15.4 Å². The van der Waals surface area contributed by atoms with E-state index in [1.165, 1.54) is 11.1 Å². The van der Waals surface area contributed by atoms with Crippen LogP contribution in [0.3, 0.4) is 0 Å². The Balaban J connectivity index is 1.57. The Morgan fingerprint density at radius 2 is 2.04 bits per heavy atom. The highest BCUT2D eigenvalue weighted by Gasteiger charge is 2.40. The molecule has 3 N–H and O–H groups in total. The van der Waals surface area contributed by atoms with E-state index in [2.05, 4.69) is 26.7 Å². The molecule has 1 aliphatic heterocycles. The molecule has 26 heavy (non-hydrogen) atoms. The van der Waals surface area contributed by atoms with Crippen LogP contribution in [0.5, 0.6) is 0 Å². The normalized spacial score (nSPS) is 23.2. The highest BCUT2D eigenvalue weighted by molar-refractivity contribution is 5.90. The number of aryl methyl sites for hydroxylation is 1. The summed E-state index contributed by atoms with van der Waals surface area (Å²) in [7, 11) is 0. The van der Waals surface area contributed by atoms with E-state index in [-0.39, 0.29) is 17.7 Å². The molecule has 0 fully saturated rings. The first-order valence-electron chi connectivity index (χ1n) is 8.74. The Kier molecular flexibility index (Phi) is 3.24. The number of pyridine rings is 1. The number of nitrogens with zero attached hydrogens (tertiary/aromatic N) is 3. The summed E-state index contributed by atoms with van der Waals surface area (Å²) in [5.74, 6) is -0.530. The van der Waals surface area contributed by atoms with Gasteiger partial charge in [-0.15, -0.1) is 0 Å². The molecule has 130 valence electrons. The maximum atomic E-state index is 11.4. The van der Waals surface area contributed by atoms with Crippen LogP contribution in [0.1, 0.15) is 45.9 Å². The molecule has 1 amide bonds. The van der Waals surface area contributed by atoms with Gasteiger partial charge in [0.15, 0.2) is 0 Å². The minimum atomic E-state index is -0.653. The summed E-state index contributed by atoms with van der Waals surface area (Å²) >= 11 is 0. The van der Waals surface area contributed by atoms with E-state index in [0.29, 0.717) is 6.42 Å². The number of rotatable bonds is 2. The smallest absolute Gasteiger partial charge is 0.267 e. The zero-order valence-corrected chi connectivity index (χ0v) is 14.0. The molecule has 6 nitrogen and oxygen atoms in total. The molecule has 0 spiro atoms. The summed E-state index contributed by atoms with van der Waals surface area (Å²) < 4.78 is 2.16. The third-order valence-electron chi connectivity index (χ3n) is 5.63. The van der Waals surface area contributed by atoms with Gasteiger partial charge >= 0.3 is 0 Å². The fourth-order valence-corrected chi connectivity index (χ4v) is 4.45. The number of aromatic nitrogens is 3. The van der Waals surface area contributed by atoms with Crippen LogP contribution in [0.25, 0.3) is 11.3 Å². The van der Waals surface area contributed by atoms with E-state index < -0.39 is 12.0 Å². The number of hydrogen-bond acceptors (Lipinski definition) is 4. The quantitative estimate of drug-likeness (QED) is 0.744. The van der Waals surface area contributed by atoms with E-state index in [9.17, 15) is 9.90 Å². The lowest BCUT2D eigenvalue weighted by Gasteiger charge is -2.34. The van der Waals surface area contributed by atoms with Gasteiger partial charge in [-0.05, 0) is 24.5 Å². The van der Waals surface area contributed by atoms with Crippen molar-refractivity contribution in [2.75, 3.05) is 0 Å². The van der Waals surface area contributed by atoms with Crippen molar-refractivity contribution in [1.82, 2.24) is 14.5 Å². The van der Waals surface area contributed by atoms with Gasteiger partial charge in [0, 0.05) is 22.7 Å². The Labute approximate surface area is 150 Å². The van der Waals surface area contributed by atoms with E-state index in [4.69, 9.17) is 5.73 Å². The number of benzene rings is 1. The number of aliphatic hydroxyl groups is 1. The average Bonchev–Trinajstić information content (AvgIpc) is 3.23. The van der Waals surface area contributed by atoms with Crippen molar-refractivity contribution in [2.45, 2.75) is 25.0 Å². The summed E-state index contributed by atoms with van der Waals surface area (Å²) in [6.45, 7) is 0. The predicted molar refractivity (Wildman–Crippen MR) is 95.3 cm³/mol. The summed E-state index contributed by atoms with van der Waals surface area (Å²) in [6, 6.07) is 11.7. The second kappa shape index (κ2) is 5.51. The van der Waals surface area contributed by atoms with E-state index in [1.54, 1.807) is 12.1 Å². The standard InChI is InChI=1S/C20H18N4O2/c21-20(26)16-8-5-13-15(23-16)7-6-14(19(13)25)18-12-4-2-1-3-11(12)17-9-22-10-24(17)18/h1-5,8-10,14,18-19,25H,6-7H2,(H2,21,26)/t14-,18?,19+/m0/s1. The molecule has 2 aliphatic rings. The van der Waals surface area contributed by atoms with Crippen molar-refractivity contribution >= 4 is 5.91 Å². The zero-order chi connectivity index (χ0) is 17.8. The SMILES string of the molecule is NC(=O)c1ccc2c(n1)CC[C@@H](C1c3ccccc3-c3cncn31)[C@@H]2O. The molecule has 1 aliphatic carbocycles. The summed E-state index contributed by atoms with van der Waals surface area (Å²) in [6.07, 6.45) is 4.56. The Bertz CT molecular complexity index is 1030. The van der Waals surface area contributed by atoms with Gasteiger partial charge in [0.1, 0.15) is 5.69 Å². The molecule has 0 radical (unpaired) electrons. The lowest BCUT2D eigenvalue weighted by atomic mass is 9.77. The zero-order valence-electron chi connectivity index (χ0n) is 14.0. The molecule has 5 rings (SSSR count). The number of imidazole rings is 1. The maximum absolute atomic E-state index is 11.4. The van der Waals surface area contributed by atoms with Crippen molar-refractivity contribution in [2.24, 2.45) is 11.7 Å². The fourth-order valence-electron chi connectivity index (χ4n) is 4.45. The van der Waals surface area contributed by atoms with Crippen LogP contribution < -0.4 is 5.73 Å². The number of nitrogens with two attached hydrogens (primary N) is 1. The second-order valence-corrected chi connectivity index (χ2v) is 6.96. The number of fused-ring (bicyclic) bond motifs is 4. The van der Waals surface area contributed by atoms with Crippen LogP contribution in [-0.2, 0) is 6.42 Å². The van der Waals surface area contributed by atoms with Crippen molar-refractivity contribution in [3.63, 3.8) is 0 Å². The van der Waals surface area contributed by atoms with Gasteiger partial charge in [0.05, 0.1) is 30.4 Å². The maximum Gasteiger partial charge on any atom is 0.267 e. The van der Waals surface area contributed by atoms with Gasteiger partial charge in [-0.3, -0.25) is 4.79 Å². The van der Waals surface area contributed by atoms with Crippen molar-refractivity contribution in [3.8, 4) is 11.3 Å². The molecular weight excluding hydrogens is 328 g/mol. The first kappa shape index (κ1) is 15.3. The molecule has 2 aromatic heterocycles. The highest BCUT2D eigenvalue weighted by Crippen LogP contribution is 2.49. The van der Waals surface area contributed by atoms with E-state index in [1.807, 2.05) is 24.7 Å². The number of primary amides is 1. The summed E-state index contributed by atoms with van der Waals surface area (Å²) in [4.78, 5) is 20.0. The average molecular weight is 346 g/mol. The number of carbonyl (C=O) groups is 1. The molecule has 1 unspecified atom stereocenters. The van der Waals surface area contributed by atoms with Gasteiger partial charge in [-0.2, -0.15) is 0 Å². The number of carbonyl (C=O) groups excluding carboxylic acids is 1. The number of hydrogen-bond donors (Lipinski definition) is 2. The van der Waals surface area contributed by atoms with E-state index in [0.717, 1.165) is 23.4 Å². The molecule has 0 saturated heterocycles. The third-order valence-corrected chi connectivity index (χ3v) is 5.63. The van der Waals surface area contributed by atoms with Crippen molar-refractivity contribution < 1.29 is 9.90 Å². The minimum absolute atomic E-state index is 0.0142. The summed E-state index contributed by atoms with van der Waals surface area (Å²) in [5, 5.41) is 11.1. The Hall–Kier alpha value is -2.99. The molecule has 0 bridgehead atoms. The van der Waals surface area contributed by atoms with Crippen LogP contribution >= 0.6 is 0 Å². The third kappa shape index (κ3) is 2.05. The molecule has 1 aromatic carbocycles. The van der Waals surface area contributed by atoms with Crippen LogP contribution in [-0.4, -0.2) is 25.5 Å². The predicted octanol–water partition coefficient (Wildman–Crippen LogP) is 2.24. The van der Waals surface area contributed by atoms with Crippen LogP contribution in [0.15, 0.2) is 48.9 Å². The Morgan fingerprint density at radius 3 is 2.88 bits per heavy atom. The molecule has 3 atom stereocenters. The topological polar surface area (TPSA) is 94.0 Å². The largest absolute Gasteiger partial charge is 0.388 e. The van der Waals surface area contributed by atoms with Crippen LogP contribution in [0, 0.1) is 5.92 Å². The second-order valence-electron chi connectivity index (χ2n) is 6.96. The molecular formula is C20H18N4O2. The lowest BCUT2D eigenvalue weighted by Crippen LogP contribution is -2.29. The fraction of sp³-hybridized carbons (Fsp3) is 0.250.